The summed E-state index contributed by atoms with van der Waals surface area (Å²) in [6.45, 7) is 0.180. The molecule has 1 aromatic heterocycles. The highest BCUT2D eigenvalue weighted by Crippen LogP contribution is 2.31. The number of carbonyl (C=O) groups excluding carboxylic acids is 2. The maximum absolute atomic E-state index is 13.2. The van der Waals surface area contributed by atoms with Crippen molar-refractivity contribution in [3.8, 4) is 11.5 Å². The van der Waals surface area contributed by atoms with Crippen LogP contribution in [0.5, 0.6) is 0 Å². The standard InChI is InChI=1S/C22H18ClN3O4/c23-15-7-5-13(6-8-15)20-25-24-19(30-20)12-26(16-9-10-16)21(27)18-11-14-3-1-2-4-17(14)22(28)29-18/h1-8,16,18H,9-12H2. The highest BCUT2D eigenvalue weighted by atomic mass is 35.5. The summed E-state index contributed by atoms with van der Waals surface area (Å²) in [5.74, 6) is 0.00554. The van der Waals surface area contributed by atoms with Gasteiger partial charge in [0.25, 0.3) is 5.91 Å². The van der Waals surface area contributed by atoms with Crippen molar-refractivity contribution in [3.63, 3.8) is 0 Å². The number of fused-ring (bicyclic) bond motifs is 1. The fraction of sp³-hybridized carbons (Fsp3) is 0.273. The van der Waals surface area contributed by atoms with Crippen molar-refractivity contribution < 1.29 is 18.7 Å². The Bertz CT molecular complexity index is 1110. The van der Waals surface area contributed by atoms with E-state index in [-0.39, 0.29) is 18.5 Å². The number of ether oxygens (including phenoxy) is 1. The Labute approximate surface area is 177 Å². The minimum atomic E-state index is -0.841. The lowest BCUT2D eigenvalue weighted by atomic mass is 9.98. The molecule has 8 heteroatoms. The van der Waals surface area contributed by atoms with Crippen LogP contribution in [0, 0.1) is 0 Å². The van der Waals surface area contributed by atoms with E-state index in [0.29, 0.717) is 28.8 Å². The maximum atomic E-state index is 13.2. The van der Waals surface area contributed by atoms with E-state index >= 15 is 0 Å². The monoisotopic (exact) mass is 423 g/mol. The Balaban J connectivity index is 1.34. The minimum absolute atomic E-state index is 0.0965. The second kappa shape index (κ2) is 7.57. The lowest BCUT2D eigenvalue weighted by Gasteiger charge is -2.29. The van der Waals surface area contributed by atoms with Crippen LogP contribution in [-0.4, -0.2) is 39.1 Å². The minimum Gasteiger partial charge on any atom is -0.448 e. The van der Waals surface area contributed by atoms with Crippen molar-refractivity contribution in [2.45, 2.75) is 38.0 Å². The first-order valence-electron chi connectivity index (χ1n) is 9.76. The van der Waals surface area contributed by atoms with Crippen LogP contribution in [0.15, 0.2) is 52.9 Å². The molecule has 1 aliphatic heterocycles. The van der Waals surface area contributed by atoms with Crippen molar-refractivity contribution in [2.75, 3.05) is 0 Å². The number of cyclic esters (lactones) is 1. The number of aromatic nitrogens is 2. The number of amides is 1. The van der Waals surface area contributed by atoms with E-state index in [9.17, 15) is 9.59 Å². The van der Waals surface area contributed by atoms with Gasteiger partial charge in [0.1, 0.15) is 0 Å². The quantitative estimate of drug-likeness (QED) is 0.582. The molecule has 2 aliphatic rings. The van der Waals surface area contributed by atoms with Gasteiger partial charge in [-0.1, -0.05) is 29.8 Å². The Hall–Kier alpha value is -3.19. The van der Waals surface area contributed by atoms with Crippen molar-refractivity contribution >= 4 is 23.5 Å². The molecule has 0 saturated heterocycles. The van der Waals surface area contributed by atoms with E-state index in [1.807, 2.05) is 12.1 Å². The predicted molar refractivity (Wildman–Crippen MR) is 108 cm³/mol. The third kappa shape index (κ3) is 3.68. The average molecular weight is 424 g/mol. The molecule has 2 heterocycles. The molecule has 152 valence electrons. The molecule has 7 nitrogen and oxygen atoms in total. The highest BCUT2D eigenvalue weighted by molar-refractivity contribution is 6.30. The van der Waals surface area contributed by atoms with Gasteiger partial charge >= 0.3 is 5.97 Å². The van der Waals surface area contributed by atoms with E-state index < -0.39 is 12.1 Å². The summed E-state index contributed by atoms with van der Waals surface area (Å²) in [7, 11) is 0. The zero-order valence-electron chi connectivity index (χ0n) is 16.0. The van der Waals surface area contributed by atoms with Gasteiger partial charge in [0.05, 0.1) is 12.1 Å². The largest absolute Gasteiger partial charge is 0.448 e. The molecule has 30 heavy (non-hydrogen) atoms. The van der Waals surface area contributed by atoms with Crippen LogP contribution in [0.4, 0.5) is 0 Å². The summed E-state index contributed by atoms with van der Waals surface area (Å²) in [4.78, 5) is 27.2. The predicted octanol–water partition coefficient (Wildman–Crippen LogP) is 3.66. The van der Waals surface area contributed by atoms with Gasteiger partial charge in [0.15, 0.2) is 6.10 Å². The second-order valence-electron chi connectivity index (χ2n) is 7.46. The third-order valence-electron chi connectivity index (χ3n) is 5.30. The van der Waals surface area contributed by atoms with Crippen LogP contribution < -0.4 is 0 Å². The van der Waals surface area contributed by atoms with Gasteiger partial charge in [-0.3, -0.25) is 4.79 Å². The summed E-state index contributed by atoms with van der Waals surface area (Å²) >= 11 is 5.92. The Morgan fingerprint density at radius 1 is 1.10 bits per heavy atom. The number of nitrogens with zero attached hydrogens (tertiary/aromatic N) is 3. The third-order valence-corrected chi connectivity index (χ3v) is 5.55. The van der Waals surface area contributed by atoms with Gasteiger partial charge in [0, 0.05) is 23.0 Å². The molecular weight excluding hydrogens is 406 g/mol. The molecule has 1 unspecified atom stereocenters. The van der Waals surface area contributed by atoms with Crippen LogP contribution in [0.3, 0.4) is 0 Å². The van der Waals surface area contributed by atoms with Crippen molar-refractivity contribution in [3.05, 3.63) is 70.6 Å². The number of hydrogen-bond donors (Lipinski definition) is 0. The van der Waals surface area contributed by atoms with Gasteiger partial charge in [0.2, 0.25) is 11.8 Å². The average Bonchev–Trinajstić information content (AvgIpc) is 3.50. The summed E-state index contributed by atoms with van der Waals surface area (Å²) in [5, 5.41) is 8.79. The van der Waals surface area contributed by atoms with Gasteiger partial charge in [-0.2, -0.15) is 0 Å². The number of carbonyl (C=O) groups is 2. The van der Waals surface area contributed by atoms with E-state index in [2.05, 4.69) is 10.2 Å². The lowest BCUT2D eigenvalue weighted by Crippen LogP contribution is -2.45. The summed E-state index contributed by atoms with van der Waals surface area (Å²) in [6, 6.07) is 14.4. The summed E-state index contributed by atoms with van der Waals surface area (Å²) in [6.07, 6.45) is 1.33. The number of esters is 1. The van der Waals surface area contributed by atoms with Gasteiger partial charge in [-0.05, 0) is 48.7 Å². The van der Waals surface area contributed by atoms with Crippen LogP contribution in [-0.2, 0) is 22.5 Å². The SMILES string of the molecule is O=C1OC(C(=O)N(Cc2nnc(-c3ccc(Cl)cc3)o2)C2CC2)Cc2ccccc21. The second-order valence-corrected chi connectivity index (χ2v) is 7.90. The van der Waals surface area contributed by atoms with Crippen molar-refractivity contribution in [1.29, 1.82) is 0 Å². The molecule has 2 aromatic carbocycles. The fourth-order valence-corrected chi connectivity index (χ4v) is 3.73. The molecule has 0 N–H and O–H groups in total. The Kier molecular flexibility index (Phi) is 4.75. The number of benzene rings is 2. The zero-order valence-corrected chi connectivity index (χ0v) is 16.7. The maximum Gasteiger partial charge on any atom is 0.339 e. The van der Waals surface area contributed by atoms with Gasteiger partial charge in [-0.25, -0.2) is 4.79 Å². The van der Waals surface area contributed by atoms with Gasteiger partial charge in [-0.15, -0.1) is 10.2 Å². The van der Waals surface area contributed by atoms with Gasteiger partial charge < -0.3 is 14.1 Å². The van der Waals surface area contributed by atoms with E-state index in [1.165, 1.54) is 0 Å². The van der Waals surface area contributed by atoms with Crippen molar-refractivity contribution in [1.82, 2.24) is 15.1 Å². The van der Waals surface area contributed by atoms with E-state index in [4.69, 9.17) is 20.8 Å². The molecule has 0 bridgehead atoms. The first-order chi connectivity index (χ1) is 14.6. The van der Waals surface area contributed by atoms with E-state index in [0.717, 1.165) is 24.0 Å². The topological polar surface area (TPSA) is 85.5 Å². The smallest absolute Gasteiger partial charge is 0.339 e. The van der Waals surface area contributed by atoms with Crippen LogP contribution in [0.2, 0.25) is 5.02 Å². The summed E-state index contributed by atoms with van der Waals surface area (Å²) in [5.41, 5.74) is 2.09. The molecular formula is C22H18ClN3O4. The molecule has 1 amide bonds. The Morgan fingerprint density at radius 3 is 2.63 bits per heavy atom. The first kappa shape index (κ1) is 18.8. The zero-order chi connectivity index (χ0) is 20.7. The highest BCUT2D eigenvalue weighted by Gasteiger charge is 2.40. The number of rotatable bonds is 5. The van der Waals surface area contributed by atoms with E-state index in [1.54, 1.807) is 41.3 Å². The molecule has 5 rings (SSSR count). The molecule has 1 aliphatic carbocycles. The number of halogens is 1. The Morgan fingerprint density at radius 2 is 1.87 bits per heavy atom. The molecule has 1 saturated carbocycles. The normalized spacial score (nSPS) is 17.9. The lowest BCUT2D eigenvalue weighted by molar-refractivity contribution is -0.142. The molecule has 0 radical (unpaired) electrons. The first-order valence-corrected chi connectivity index (χ1v) is 10.1. The van der Waals surface area contributed by atoms with Crippen LogP contribution in [0.25, 0.3) is 11.5 Å². The molecule has 1 fully saturated rings. The molecule has 3 aromatic rings. The van der Waals surface area contributed by atoms with Crippen LogP contribution in [0.1, 0.15) is 34.7 Å². The molecule has 0 spiro atoms. The fourth-order valence-electron chi connectivity index (χ4n) is 3.60. The van der Waals surface area contributed by atoms with Crippen LogP contribution >= 0.6 is 11.6 Å². The summed E-state index contributed by atoms with van der Waals surface area (Å²) < 4.78 is 11.2. The van der Waals surface area contributed by atoms with Crippen molar-refractivity contribution in [2.24, 2.45) is 0 Å². The number of hydrogen-bond acceptors (Lipinski definition) is 6. The molecule has 1 atom stereocenters.